The predicted octanol–water partition coefficient (Wildman–Crippen LogP) is 3.35. The van der Waals surface area contributed by atoms with Crippen LogP contribution in [0.4, 0.5) is 8.78 Å². The van der Waals surface area contributed by atoms with Crippen molar-refractivity contribution < 1.29 is 13.3 Å². The summed E-state index contributed by atoms with van der Waals surface area (Å²) in [6, 6.07) is 8.92. The first-order chi connectivity index (χ1) is 7.58. The van der Waals surface area contributed by atoms with Crippen LogP contribution in [0, 0.1) is 0 Å². The normalized spacial score (nSPS) is 20.2. The van der Waals surface area contributed by atoms with Crippen LogP contribution in [0.3, 0.4) is 0 Å². The van der Waals surface area contributed by atoms with Crippen molar-refractivity contribution in [2.75, 3.05) is 0 Å². The molecule has 1 aliphatic rings. The topological polar surface area (TPSA) is 17.1 Å². The molecule has 0 fully saturated rings. The van der Waals surface area contributed by atoms with Gasteiger partial charge in [0.2, 0.25) is 0 Å². The first kappa shape index (κ1) is 11.3. The summed E-state index contributed by atoms with van der Waals surface area (Å²) < 4.78 is 37.7. The molecule has 16 heavy (non-hydrogen) atoms. The zero-order valence-corrected chi connectivity index (χ0v) is 9.49. The number of hydrogen-bond donors (Lipinski definition) is 0. The lowest BCUT2D eigenvalue weighted by Gasteiger charge is -2.15. The van der Waals surface area contributed by atoms with Crippen LogP contribution in [0.25, 0.3) is 0 Å². The zero-order chi connectivity index (χ0) is 11.6. The predicted molar refractivity (Wildman–Crippen MR) is 61.9 cm³/mol. The van der Waals surface area contributed by atoms with Crippen LogP contribution in [0.1, 0.15) is 6.42 Å². The number of alkyl halides is 2. The van der Waals surface area contributed by atoms with Gasteiger partial charge in [0.05, 0.1) is 0 Å². The second-order valence-electron chi connectivity index (χ2n) is 3.65. The number of benzene rings is 1. The third kappa shape index (κ3) is 2.48. The molecular formula is C12H11F2OP. The molecule has 0 N–H and O–H groups in total. The highest BCUT2D eigenvalue weighted by Gasteiger charge is 2.27. The van der Waals surface area contributed by atoms with Gasteiger partial charge in [0.25, 0.3) is 5.92 Å². The smallest absolute Gasteiger partial charge is 0.270 e. The van der Waals surface area contributed by atoms with Gasteiger partial charge in [-0.2, -0.15) is 0 Å². The van der Waals surface area contributed by atoms with E-state index < -0.39 is 13.7 Å². The summed E-state index contributed by atoms with van der Waals surface area (Å²) in [5, 5.41) is 1.22. The SMILES string of the molecule is O=[PH](C1=CCC(F)(F)C=C1)c1ccccc1. The molecule has 4 heteroatoms. The Morgan fingerprint density at radius 2 is 1.88 bits per heavy atom. The van der Waals surface area contributed by atoms with Crippen LogP contribution in [0.15, 0.2) is 53.9 Å². The van der Waals surface area contributed by atoms with Crippen molar-refractivity contribution in [3.63, 3.8) is 0 Å². The monoisotopic (exact) mass is 240 g/mol. The van der Waals surface area contributed by atoms with Gasteiger partial charge in [0.15, 0.2) is 0 Å². The second-order valence-corrected chi connectivity index (χ2v) is 5.47. The summed E-state index contributed by atoms with van der Waals surface area (Å²) in [6.45, 7) is 0. The van der Waals surface area contributed by atoms with E-state index in [-0.39, 0.29) is 6.42 Å². The molecule has 2 rings (SSSR count). The summed E-state index contributed by atoms with van der Waals surface area (Å²) in [4.78, 5) is 0. The molecule has 0 bridgehead atoms. The van der Waals surface area contributed by atoms with Gasteiger partial charge in [0, 0.05) is 17.0 Å². The maximum Gasteiger partial charge on any atom is 0.270 e. The first-order valence-electron chi connectivity index (χ1n) is 4.95. The minimum absolute atomic E-state index is 0.359. The molecule has 0 heterocycles. The van der Waals surface area contributed by atoms with E-state index in [1.807, 2.05) is 6.07 Å². The largest absolute Gasteiger partial charge is 0.317 e. The van der Waals surface area contributed by atoms with Gasteiger partial charge in [-0.15, -0.1) is 0 Å². The standard InChI is InChI=1S/C12H11F2OP/c13-12(14)8-6-11(7-9-12)16(15)10-4-2-1-3-5-10/h1-8,16H,9H2. The van der Waals surface area contributed by atoms with E-state index in [1.54, 1.807) is 24.3 Å². The minimum atomic E-state index is -2.79. The van der Waals surface area contributed by atoms with Crippen LogP contribution in [0.2, 0.25) is 0 Å². The third-order valence-corrected chi connectivity index (χ3v) is 4.15. The molecule has 0 spiro atoms. The van der Waals surface area contributed by atoms with Crippen molar-refractivity contribution in [1.29, 1.82) is 0 Å². The molecule has 0 aromatic heterocycles. The lowest BCUT2D eigenvalue weighted by molar-refractivity contribution is 0.0574. The van der Waals surface area contributed by atoms with Crippen molar-refractivity contribution in [2.24, 2.45) is 0 Å². The molecule has 1 nitrogen and oxygen atoms in total. The Bertz CT molecular complexity index is 463. The summed E-state index contributed by atoms with van der Waals surface area (Å²) in [5.74, 6) is -2.79. The van der Waals surface area contributed by atoms with E-state index in [0.29, 0.717) is 10.6 Å². The van der Waals surface area contributed by atoms with E-state index in [9.17, 15) is 13.3 Å². The Morgan fingerprint density at radius 3 is 2.44 bits per heavy atom. The summed E-state index contributed by atoms with van der Waals surface area (Å²) >= 11 is 0. The van der Waals surface area contributed by atoms with E-state index >= 15 is 0 Å². The molecule has 0 amide bonds. The lowest BCUT2D eigenvalue weighted by atomic mass is 10.1. The van der Waals surface area contributed by atoms with Crippen LogP contribution >= 0.6 is 7.80 Å². The summed E-state index contributed by atoms with van der Waals surface area (Å²) in [7, 11) is -2.13. The quantitative estimate of drug-likeness (QED) is 0.724. The van der Waals surface area contributed by atoms with Gasteiger partial charge in [-0.1, -0.05) is 36.4 Å². The fourth-order valence-electron chi connectivity index (χ4n) is 1.52. The molecule has 1 aliphatic carbocycles. The maximum absolute atomic E-state index is 12.8. The molecule has 0 aliphatic heterocycles. The van der Waals surface area contributed by atoms with E-state index in [0.717, 1.165) is 6.08 Å². The van der Waals surface area contributed by atoms with Gasteiger partial charge < -0.3 is 4.57 Å². The van der Waals surface area contributed by atoms with Crippen molar-refractivity contribution in [3.05, 3.63) is 53.9 Å². The molecule has 1 aromatic carbocycles. The van der Waals surface area contributed by atoms with Crippen molar-refractivity contribution in [2.45, 2.75) is 12.3 Å². The molecule has 1 aromatic rings. The van der Waals surface area contributed by atoms with E-state index in [4.69, 9.17) is 0 Å². The maximum atomic E-state index is 12.8. The Balaban J connectivity index is 2.20. The Hall–Kier alpha value is -1.21. The Kier molecular flexibility index (Phi) is 3.06. The average molecular weight is 240 g/mol. The second kappa shape index (κ2) is 4.34. The van der Waals surface area contributed by atoms with Crippen molar-refractivity contribution in [3.8, 4) is 0 Å². The summed E-state index contributed by atoms with van der Waals surface area (Å²) in [6.07, 6.45) is 3.11. The highest BCUT2D eigenvalue weighted by atomic mass is 31.1. The van der Waals surface area contributed by atoms with Crippen LogP contribution < -0.4 is 5.30 Å². The number of rotatable bonds is 2. The lowest BCUT2D eigenvalue weighted by Crippen LogP contribution is -2.13. The van der Waals surface area contributed by atoms with Crippen LogP contribution in [-0.2, 0) is 4.57 Å². The first-order valence-corrected chi connectivity index (χ1v) is 6.36. The average Bonchev–Trinajstić information content (AvgIpc) is 2.29. The molecule has 0 saturated heterocycles. The molecule has 0 saturated carbocycles. The Morgan fingerprint density at radius 1 is 1.19 bits per heavy atom. The van der Waals surface area contributed by atoms with Gasteiger partial charge in [0.1, 0.15) is 7.80 Å². The van der Waals surface area contributed by atoms with Crippen molar-refractivity contribution >= 4 is 13.1 Å². The van der Waals surface area contributed by atoms with E-state index in [2.05, 4.69) is 0 Å². The Labute approximate surface area is 93.3 Å². The molecular weight excluding hydrogens is 229 g/mol. The van der Waals surface area contributed by atoms with Gasteiger partial charge in [-0.05, 0) is 12.2 Å². The van der Waals surface area contributed by atoms with Gasteiger partial charge >= 0.3 is 0 Å². The number of halogens is 2. The molecule has 1 unspecified atom stereocenters. The number of hydrogen-bond acceptors (Lipinski definition) is 1. The third-order valence-electron chi connectivity index (χ3n) is 2.40. The van der Waals surface area contributed by atoms with Crippen LogP contribution in [-0.4, -0.2) is 5.92 Å². The highest BCUT2D eigenvalue weighted by molar-refractivity contribution is 7.58. The summed E-state index contributed by atoms with van der Waals surface area (Å²) in [5.41, 5.74) is 0. The minimum Gasteiger partial charge on any atom is -0.317 e. The fraction of sp³-hybridized carbons (Fsp3) is 0.167. The van der Waals surface area contributed by atoms with E-state index in [1.165, 1.54) is 12.2 Å². The van der Waals surface area contributed by atoms with Crippen molar-refractivity contribution in [1.82, 2.24) is 0 Å². The zero-order valence-electron chi connectivity index (χ0n) is 8.49. The fourth-order valence-corrected chi connectivity index (χ4v) is 2.87. The molecule has 84 valence electrons. The van der Waals surface area contributed by atoms with Crippen LogP contribution in [0.5, 0.6) is 0 Å². The molecule has 1 atom stereocenters. The highest BCUT2D eigenvalue weighted by Crippen LogP contribution is 2.38. The van der Waals surface area contributed by atoms with Gasteiger partial charge in [-0.25, -0.2) is 8.78 Å². The number of allylic oxidation sites excluding steroid dienone is 4. The molecule has 0 radical (unpaired) electrons. The van der Waals surface area contributed by atoms with Gasteiger partial charge in [-0.3, -0.25) is 0 Å².